The van der Waals surface area contributed by atoms with E-state index < -0.39 is 0 Å². The molecule has 0 aliphatic rings. The van der Waals surface area contributed by atoms with Gasteiger partial charge < -0.3 is 0 Å². The van der Waals surface area contributed by atoms with Crippen LogP contribution in [-0.4, -0.2) is 22.3 Å². The van der Waals surface area contributed by atoms with Crippen molar-refractivity contribution in [1.82, 2.24) is 15.6 Å². The molecule has 0 radical (unpaired) electrons. The molecule has 9 heteroatoms. The molecular weight excluding hydrogens is 528 g/mol. The summed E-state index contributed by atoms with van der Waals surface area (Å²) in [5, 5.41) is 12.3. The van der Waals surface area contributed by atoms with Crippen molar-refractivity contribution in [3.8, 4) is 11.3 Å². The first kappa shape index (κ1) is 19.3. The monoisotopic (exact) mass is 536 g/mol. The Morgan fingerprint density at radius 2 is 2.00 bits per heavy atom. The van der Waals surface area contributed by atoms with E-state index in [0.29, 0.717) is 9.90 Å². The Kier molecular flexibility index (Phi) is 5.63. The number of carbonyl (C=O) groups excluding carboxylic acids is 1. The first-order chi connectivity index (χ1) is 13.5. The molecule has 5 nitrogen and oxygen atoms in total. The molecule has 0 unspecified atom stereocenters. The van der Waals surface area contributed by atoms with Crippen LogP contribution in [0.2, 0.25) is 5.02 Å². The third kappa shape index (κ3) is 3.77. The highest BCUT2D eigenvalue weighted by atomic mass is 79.9. The van der Waals surface area contributed by atoms with Crippen molar-refractivity contribution in [2.45, 2.75) is 0 Å². The third-order valence-corrected chi connectivity index (χ3v) is 6.82. The summed E-state index contributed by atoms with van der Waals surface area (Å²) in [7, 11) is 0. The number of nitrogens with one attached hydrogen (secondary N) is 2. The average Bonchev–Trinajstić information content (AvgIpc) is 3.28. The number of hydrogen-bond donors (Lipinski definition) is 2. The van der Waals surface area contributed by atoms with Gasteiger partial charge in [-0.2, -0.15) is 10.2 Å². The van der Waals surface area contributed by atoms with Crippen molar-refractivity contribution in [2.24, 2.45) is 5.10 Å². The van der Waals surface area contributed by atoms with Crippen LogP contribution in [-0.2, 0) is 0 Å². The second-order valence-electron chi connectivity index (χ2n) is 5.76. The van der Waals surface area contributed by atoms with E-state index >= 15 is 0 Å². The van der Waals surface area contributed by atoms with Crippen LogP contribution in [0.15, 0.2) is 62.7 Å². The van der Waals surface area contributed by atoms with Crippen molar-refractivity contribution in [1.29, 1.82) is 0 Å². The maximum atomic E-state index is 12.5. The van der Waals surface area contributed by atoms with Gasteiger partial charge in [-0.05, 0) is 24.3 Å². The van der Waals surface area contributed by atoms with E-state index in [9.17, 15) is 4.79 Å². The van der Waals surface area contributed by atoms with Gasteiger partial charge in [0.1, 0.15) is 4.88 Å². The fourth-order valence-corrected chi connectivity index (χ4v) is 5.21. The molecule has 1 amide bonds. The van der Waals surface area contributed by atoms with Gasteiger partial charge in [-0.3, -0.25) is 9.89 Å². The third-order valence-electron chi connectivity index (χ3n) is 3.98. The van der Waals surface area contributed by atoms with E-state index in [4.69, 9.17) is 11.6 Å². The summed E-state index contributed by atoms with van der Waals surface area (Å²) in [5.74, 6) is -0.358. The number of benzene rings is 2. The standard InChI is InChI=1S/C19H11Br2ClN4OS/c20-12-6-4-10(5-7-12)17-11(8-23-25-17)9-24-26-19(27)18-16(22)15-13(21)2-1-3-14(15)28-18/h1-9H,(H,23,25)(H,26,27)/b24-9-. The SMILES string of the molecule is O=C(N/N=C\c1cn[nH]c1-c1ccc(Br)cc1)c1sc2cccc(Br)c2c1Cl. The number of aromatic amines is 1. The largest absolute Gasteiger partial charge is 0.283 e. The highest BCUT2D eigenvalue weighted by Gasteiger charge is 2.18. The molecule has 2 N–H and O–H groups in total. The predicted molar refractivity (Wildman–Crippen MR) is 121 cm³/mol. The lowest BCUT2D eigenvalue weighted by Gasteiger charge is -2.00. The molecular formula is C19H11Br2ClN4OS. The summed E-state index contributed by atoms with van der Waals surface area (Å²) >= 11 is 14.6. The quantitative estimate of drug-likeness (QED) is 0.239. The number of thiophene rings is 1. The van der Waals surface area contributed by atoms with Crippen molar-refractivity contribution < 1.29 is 4.79 Å². The molecule has 4 aromatic rings. The molecule has 0 aliphatic heterocycles. The molecule has 0 fully saturated rings. The van der Waals surface area contributed by atoms with Crippen molar-refractivity contribution in [2.75, 3.05) is 0 Å². The van der Waals surface area contributed by atoms with Gasteiger partial charge in [0.2, 0.25) is 0 Å². The van der Waals surface area contributed by atoms with Gasteiger partial charge in [-0.1, -0.05) is 61.7 Å². The highest BCUT2D eigenvalue weighted by Crippen LogP contribution is 2.39. The Morgan fingerprint density at radius 1 is 1.21 bits per heavy atom. The van der Waals surface area contributed by atoms with E-state index in [1.807, 2.05) is 42.5 Å². The number of fused-ring (bicyclic) bond motifs is 1. The molecule has 0 aliphatic carbocycles. The maximum Gasteiger partial charge on any atom is 0.283 e. The molecule has 0 spiro atoms. The Balaban J connectivity index is 1.54. The molecule has 4 rings (SSSR count). The lowest BCUT2D eigenvalue weighted by Crippen LogP contribution is -2.16. The van der Waals surface area contributed by atoms with Crippen LogP contribution in [0, 0.1) is 0 Å². The van der Waals surface area contributed by atoms with Crippen LogP contribution >= 0.6 is 54.8 Å². The van der Waals surface area contributed by atoms with Gasteiger partial charge in [0.15, 0.2) is 0 Å². The summed E-state index contributed by atoms with van der Waals surface area (Å²) in [5.41, 5.74) is 5.07. The van der Waals surface area contributed by atoms with Crippen molar-refractivity contribution >= 4 is 77.0 Å². The number of amides is 1. The predicted octanol–water partition coefficient (Wildman–Crippen LogP) is 6.23. The van der Waals surface area contributed by atoms with E-state index in [-0.39, 0.29) is 5.91 Å². The van der Waals surface area contributed by atoms with E-state index in [2.05, 4.69) is 52.6 Å². The molecule has 140 valence electrons. The molecule has 2 heterocycles. The van der Waals surface area contributed by atoms with Gasteiger partial charge in [0, 0.05) is 30.2 Å². The number of H-pyrrole nitrogens is 1. The minimum atomic E-state index is -0.358. The summed E-state index contributed by atoms with van der Waals surface area (Å²) in [6.45, 7) is 0. The fourth-order valence-electron chi connectivity index (χ4n) is 2.67. The minimum Gasteiger partial charge on any atom is -0.277 e. The number of hydrogen-bond acceptors (Lipinski definition) is 4. The van der Waals surface area contributed by atoms with E-state index in [0.717, 1.165) is 35.9 Å². The van der Waals surface area contributed by atoms with Crippen molar-refractivity contribution in [3.63, 3.8) is 0 Å². The smallest absolute Gasteiger partial charge is 0.277 e. The number of hydrazone groups is 1. The zero-order valence-corrected chi connectivity index (χ0v) is 18.8. The van der Waals surface area contributed by atoms with E-state index in [1.54, 1.807) is 12.4 Å². The molecule has 0 saturated heterocycles. The maximum absolute atomic E-state index is 12.5. The Labute approximate surface area is 186 Å². The van der Waals surface area contributed by atoms with Gasteiger partial charge in [-0.15, -0.1) is 11.3 Å². The Bertz CT molecular complexity index is 1200. The topological polar surface area (TPSA) is 70.1 Å². The first-order valence-electron chi connectivity index (χ1n) is 8.04. The van der Waals surface area contributed by atoms with Crippen LogP contribution in [0.3, 0.4) is 0 Å². The average molecular weight is 539 g/mol. The van der Waals surface area contributed by atoms with Gasteiger partial charge in [0.25, 0.3) is 5.91 Å². The summed E-state index contributed by atoms with van der Waals surface area (Å²) < 4.78 is 2.78. The normalized spacial score (nSPS) is 11.4. The second kappa shape index (κ2) is 8.16. The molecule has 0 saturated carbocycles. The molecule has 28 heavy (non-hydrogen) atoms. The summed E-state index contributed by atoms with van der Waals surface area (Å²) in [6, 6.07) is 13.5. The number of carbonyl (C=O) groups is 1. The molecule has 2 aromatic carbocycles. The highest BCUT2D eigenvalue weighted by molar-refractivity contribution is 9.11. The zero-order chi connectivity index (χ0) is 19.7. The second-order valence-corrected chi connectivity index (χ2v) is 8.96. The van der Waals surface area contributed by atoms with Crippen LogP contribution < -0.4 is 5.43 Å². The van der Waals surface area contributed by atoms with Crippen LogP contribution in [0.4, 0.5) is 0 Å². The molecule has 2 aromatic heterocycles. The number of nitrogens with zero attached hydrogens (tertiary/aromatic N) is 2. The first-order valence-corrected chi connectivity index (χ1v) is 10.8. The van der Waals surface area contributed by atoms with Crippen LogP contribution in [0.5, 0.6) is 0 Å². The van der Waals surface area contributed by atoms with Gasteiger partial charge in [0.05, 0.1) is 23.1 Å². The number of rotatable bonds is 4. The van der Waals surface area contributed by atoms with Gasteiger partial charge in [-0.25, -0.2) is 5.43 Å². The molecule has 0 bridgehead atoms. The van der Waals surface area contributed by atoms with Crippen LogP contribution in [0.25, 0.3) is 21.3 Å². The zero-order valence-electron chi connectivity index (χ0n) is 14.0. The van der Waals surface area contributed by atoms with Gasteiger partial charge >= 0.3 is 0 Å². The Hall–Kier alpha value is -2.00. The lowest BCUT2D eigenvalue weighted by atomic mass is 10.1. The summed E-state index contributed by atoms with van der Waals surface area (Å²) in [4.78, 5) is 12.9. The summed E-state index contributed by atoms with van der Waals surface area (Å²) in [6.07, 6.45) is 3.20. The minimum absolute atomic E-state index is 0.358. The molecule has 0 atom stereocenters. The number of halogens is 3. The fraction of sp³-hybridized carbons (Fsp3) is 0. The number of aromatic nitrogens is 2. The lowest BCUT2D eigenvalue weighted by molar-refractivity contribution is 0.0959. The van der Waals surface area contributed by atoms with Crippen molar-refractivity contribution in [3.05, 3.63) is 73.1 Å². The Morgan fingerprint density at radius 3 is 2.75 bits per heavy atom. The van der Waals surface area contributed by atoms with E-state index in [1.165, 1.54) is 11.3 Å². The van der Waals surface area contributed by atoms with Crippen LogP contribution in [0.1, 0.15) is 15.2 Å².